The van der Waals surface area contributed by atoms with Gasteiger partial charge in [-0.25, -0.2) is 0 Å². The second-order valence-electron chi connectivity index (χ2n) is 3.75. The highest BCUT2D eigenvalue weighted by atomic mass is 16.3. The molecule has 82 valence electrons. The molecule has 0 aliphatic rings. The van der Waals surface area contributed by atoms with Crippen LogP contribution in [0.5, 0.6) is 0 Å². The van der Waals surface area contributed by atoms with E-state index in [0.717, 1.165) is 16.5 Å². The van der Waals surface area contributed by atoms with Crippen molar-refractivity contribution in [1.29, 1.82) is 0 Å². The predicted octanol–water partition coefficient (Wildman–Crippen LogP) is 2.53. The van der Waals surface area contributed by atoms with Crippen molar-refractivity contribution in [1.82, 2.24) is 4.90 Å². The lowest BCUT2D eigenvalue weighted by atomic mass is 10.1. The largest absolute Gasteiger partial charge is 0.464 e. The number of likely N-dealkylation sites (N-methyl/N-ethyl adjacent to an activating group) is 1. The highest BCUT2D eigenvalue weighted by molar-refractivity contribution is 5.95. The fourth-order valence-electron chi connectivity index (χ4n) is 1.44. The van der Waals surface area contributed by atoms with E-state index < -0.39 is 0 Å². The van der Waals surface area contributed by atoms with Gasteiger partial charge in [-0.1, -0.05) is 18.2 Å². The molecule has 0 bridgehead atoms. The molecule has 0 N–H and O–H groups in total. The molecule has 0 unspecified atom stereocenters. The molecule has 16 heavy (non-hydrogen) atoms. The van der Waals surface area contributed by atoms with Crippen molar-refractivity contribution in [2.45, 2.75) is 0 Å². The summed E-state index contributed by atoms with van der Waals surface area (Å²) in [4.78, 5) is 12.9. The summed E-state index contributed by atoms with van der Waals surface area (Å²) < 4.78 is 5.37. The van der Waals surface area contributed by atoms with E-state index in [9.17, 15) is 4.79 Å². The second kappa shape index (κ2) is 4.23. The summed E-state index contributed by atoms with van der Waals surface area (Å²) in [5.41, 5.74) is 1.75. The summed E-state index contributed by atoms with van der Waals surface area (Å²) in [6.45, 7) is 0. The fourth-order valence-corrected chi connectivity index (χ4v) is 1.44. The van der Waals surface area contributed by atoms with E-state index in [0.29, 0.717) is 0 Å². The van der Waals surface area contributed by atoms with Crippen LogP contribution < -0.4 is 0 Å². The number of rotatable bonds is 2. The summed E-state index contributed by atoms with van der Waals surface area (Å²) in [6.07, 6.45) is 4.97. The molecule has 0 atom stereocenters. The van der Waals surface area contributed by atoms with Crippen molar-refractivity contribution in [2.75, 3.05) is 14.1 Å². The van der Waals surface area contributed by atoms with Gasteiger partial charge in [0.15, 0.2) is 0 Å². The van der Waals surface area contributed by atoms with Gasteiger partial charge in [-0.3, -0.25) is 4.79 Å². The Hall–Kier alpha value is -2.03. The number of furan rings is 1. The molecule has 3 nitrogen and oxygen atoms in total. The quantitative estimate of drug-likeness (QED) is 0.721. The van der Waals surface area contributed by atoms with Crippen molar-refractivity contribution in [3.63, 3.8) is 0 Å². The number of hydrogen-bond acceptors (Lipinski definition) is 2. The summed E-state index contributed by atoms with van der Waals surface area (Å²) in [5, 5.41) is 1.02. The lowest BCUT2D eigenvalue weighted by Crippen LogP contribution is -2.18. The number of hydrogen-bond donors (Lipinski definition) is 0. The monoisotopic (exact) mass is 215 g/mol. The lowest BCUT2D eigenvalue weighted by Gasteiger charge is -2.04. The normalized spacial score (nSPS) is 11.1. The Bertz CT molecular complexity index is 538. The number of fused-ring (bicyclic) bond motifs is 1. The first-order valence-corrected chi connectivity index (χ1v) is 5.04. The highest BCUT2D eigenvalue weighted by Crippen LogP contribution is 2.21. The number of nitrogens with zero attached hydrogens (tertiary/aromatic N) is 1. The SMILES string of the molecule is CN(C)C(=O)/C=C/c1coc2ccccc12. The Morgan fingerprint density at radius 1 is 1.31 bits per heavy atom. The van der Waals surface area contributed by atoms with Crippen molar-refractivity contribution < 1.29 is 9.21 Å². The first-order valence-electron chi connectivity index (χ1n) is 5.04. The molecule has 2 rings (SSSR count). The van der Waals surface area contributed by atoms with Crippen LogP contribution in [0.2, 0.25) is 0 Å². The van der Waals surface area contributed by atoms with E-state index in [-0.39, 0.29) is 5.91 Å². The lowest BCUT2D eigenvalue weighted by molar-refractivity contribution is -0.123. The van der Waals surface area contributed by atoms with Crippen LogP contribution in [0.3, 0.4) is 0 Å². The smallest absolute Gasteiger partial charge is 0.246 e. The molecule has 0 saturated carbocycles. The zero-order chi connectivity index (χ0) is 11.5. The molecule has 1 aromatic heterocycles. The van der Waals surface area contributed by atoms with E-state index in [1.54, 1.807) is 26.4 Å². The van der Waals surface area contributed by atoms with Crippen LogP contribution in [0.25, 0.3) is 17.0 Å². The third-order valence-corrected chi connectivity index (χ3v) is 2.36. The number of benzene rings is 1. The molecular formula is C13H13NO2. The third-order valence-electron chi connectivity index (χ3n) is 2.36. The first kappa shape index (κ1) is 10.5. The zero-order valence-electron chi connectivity index (χ0n) is 9.31. The summed E-state index contributed by atoms with van der Waals surface area (Å²) in [5.74, 6) is -0.0368. The molecule has 0 aliphatic carbocycles. The van der Waals surface area contributed by atoms with Crippen molar-refractivity contribution in [2.24, 2.45) is 0 Å². The number of carbonyl (C=O) groups excluding carboxylic acids is 1. The molecule has 1 aromatic carbocycles. The van der Waals surface area contributed by atoms with Gasteiger partial charge in [0.1, 0.15) is 5.58 Å². The van der Waals surface area contributed by atoms with Crippen LogP contribution in [0.4, 0.5) is 0 Å². The third kappa shape index (κ3) is 1.98. The van der Waals surface area contributed by atoms with Crippen LogP contribution in [-0.4, -0.2) is 24.9 Å². The van der Waals surface area contributed by atoms with Gasteiger partial charge in [0.25, 0.3) is 0 Å². The maximum Gasteiger partial charge on any atom is 0.246 e. The fraction of sp³-hybridized carbons (Fsp3) is 0.154. The zero-order valence-corrected chi connectivity index (χ0v) is 9.31. The number of amides is 1. The van der Waals surface area contributed by atoms with Gasteiger partial charge in [-0.2, -0.15) is 0 Å². The molecule has 0 radical (unpaired) electrons. The topological polar surface area (TPSA) is 33.5 Å². The minimum Gasteiger partial charge on any atom is -0.464 e. The minimum absolute atomic E-state index is 0.0368. The summed E-state index contributed by atoms with van der Waals surface area (Å²) in [7, 11) is 3.44. The van der Waals surface area contributed by atoms with Gasteiger partial charge >= 0.3 is 0 Å². The standard InChI is InChI=1S/C13H13NO2/c1-14(2)13(15)8-7-10-9-16-12-6-4-3-5-11(10)12/h3-9H,1-2H3/b8-7+. The average molecular weight is 215 g/mol. The predicted molar refractivity (Wildman–Crippen MR) is 63.9 cm³/mol. The summed E-state index contributed by atoms with van der Waals surface area (Å²) >= 11 is 0. The first-order chi connectivity index (χ1) is 7.68. The van der Waals surface area contributed by atoms with Crippen LogP contribution in [0, 0.1) is 0 Å². The van der Waals surface area contributed by atoms with Gasteiger partial charge in [0, 0.05) is 31.1 Å². The Morgan fingerprint density at radius 3 is 2.81 bits per heavy atom. The van der Waals surface area contributed by atoms with Crippen molar-refractivity contribution >= 4 is 23.0 Å². The highest BCUT2D eigenvalue weighted by Gasteiger charge is 2.02. The molecular weight excluding hydrogens is 202 g/mol. The second-order valence-corrected chi connectivity index (χ2v) is 3.75. The maximum atomic E-state index is 11.4. The Balaban J connectivity index is 2.31. The molecule has 0 aliphatic heterocycles. The molecule has 0 saturated heterocycles. The van der Waals surface area contributed by atoms with Crippen LogP contribution in [0.1, 0.15) is 5.56 Å². The number of carbonyl (C=O) groups is 1. The Kier molecular flexibility index (Phi) is 2.77. The van der Waals surface area contributed by atoms with Crippen LogP contribution in [-0.2, 0) is 4.79 Å². The van der Waals surface area contributed by atoms with Gasteiger partial charge in [-0.15, -0.1) is 0 Å². The number of para-hydroxylation sites is 1. The van der Waals surface area contributed by atoms with Gasteiger partial charge < -0.3 is 9.32 Å². The van der Waals surface area contributed by atoms with Crippen LogP contribution >= 0.6 is 0 Å². The van der Waals surface area contributed by atoms with Gasteiger partial charge in [0.05, 0.1) is 6.26 Å². The van der Waals surface area contributed by atoms with Crippen molar-refractivity contribution in [3.05, 3.63) is 42.2 Å². The molecule has 1 amide bonds. The minimum atomic E-state index is -0.0368. The molecule has 3 heteroatoms. The van der Waals surface area contributed by atoms with E-state index in [1.807, 2.05) is 24.3 Å². The van der Waals surface area contributed by atoms with Crippen LogP contribution in [0.15, 0.2) is 41.0 Å². The van der Waals surface area contributed by atoms with Crippen molar-refractivity contribution in [3.8, 4) is 0 Å². The van der Waals surface area contributed by atoms with E-state index in [4.69, 9.17) is 4.42 Å². The molecule has 1 heterocycles. The van der Waals surface area contributed by atoms with E-state index in [2.05, 4.69) is 0 Å². The van der Waals surface area contributed by atoms with E-state index in [1.165, 1.54) is 11.0 Å². The Morgan fingerprint density at radius 2 is 2.06 bits per heavy atom. The molecule has 0 spiro atoms. The Labute approximate surface area is 94.0 Å². The molecule has 2 aromatic rings. The molecule has 0 fully saturated rings. The van der Waals surface area contributed by atoms with Gasteiger partial charge in [-0.05, 0) is 12.1 Å². The average Bonchev–Trinajstić information content (AvgIpc) is 2.69. The van der Waals surface area contributed by atoms with E-state index >= 15 is 0 Å². The maximum absolute atomic E-state index is 11.4. The van der Waals surface area contributed by atoms with Gasteiger partial charge in [0.2, 0.25) is 5.91 Å². The summed E-state index contributed by atoms with van der Waals surface area (Å²) in [6, 6.07) is 7.74.